The van der Waals surface area contributed by atoms with Gasteiger partial charge < -0.3 is 4.90 Å². The summed E-state index contributed by atoms with van der Waals surface area (Å²) in [6, 6.07) is 12.1. The van der Waals surface area contributed by atoms with Crippen LogP contribution >= 0.6 is 0 Å². The molecule has 0 bridgehead atoms. The highest BCUT2D eigenvalue weighted by Crippen LogP contribution is 2.05. The quantitative estimate of drug-likeness (QED) is 0.509. The molecule has 0 N–H and O–H groups in total. The van der Waals surface area contributed by atoms with Crippen LogP contribution in [0.4, 0.5) is 0 Å². The molecule has 0 atom stereocenters. The van der Waals surface area contributed by atoms with Gasteiger partial charge in [-0.1, -0.05) is 30.3 Å². The Labute approximate surface area is 89.9 Å². The summed E-state index contributed by atoms with van der Waals surface area (Å²) >= 11 is 0. The largest absolute Gasteiger partial charge is 0.332 e. The Balaban J connectivity index is 2.03. The van der Waals surface area contributed by atoms with E-state index >= 15 is 0 Å². The van der Waals surface area contributed by atoms with E-state index in [2.05, 4.69) is 12.0 Å². The first-order valence-electron chi connectivity index (χ1n) is 5.22. The summed E-state index contributed by atoms with van der Waals surface area (Å²) in [7, 11) is 0. The molecule has 1 heterocycles. The van der Waals surface area contributed by atoms with Crippen LogP contribution in [-0.2, 0) is 0 Å². The number of carbonyl (C=O) groups is 1. The molecule has 1 aliphatic heterocycles. The van der Waals surface area contributed by atoms with Gasteiger partial charge in [0, 0.05) is 24.7 Å². The molecule has 1 saturated heterocycles. The summed E-state index contributed by atoms with van der Waals surface area (Å²) in [5, 5.41) is 0. The SMILES string of the molecule is O=C(C#CN1CCCC1)c1ccccc1. The molecule has 2 heteroatoms. The summed E-state index contributed by atoms with van der Waals surface area (Å²) in [5.41, 5.74) is 0.671. The van der Waals surface area contributed by atoms with Gasteiger partial charge in [0.05, 0.1) is 0 Å². The number of benzene rings is 1. The van der Waals surface area contributed by atoms with E-state index in [-0.39, 0.29) is 5.78 Å². The number of ketones is 1. The number of hydrogen-bond donors (Lipinski definition) is 0. The van der Waals surface area contributed by atoms with Crippen molar-refractivity contribution < 1.29 is 4.79 Å². The highest BCUT2D eigenvalue weighted by atomic mass is 16.1. The van der Waals surface area contributed by atoms with Gasteiger partial charge in [0.1, 0.15) is 0 Å². The van der Waals surface area contributed by atoms with E-state index in [0.29, 0.717) is 5.56 Å². The molecule has 0 radical (unpaired) electrons. The molecule has 0 unspecified atom stereocenters. The Bertz CT molecular complexity index is 394. The van der Waals surface area contributed by atoms with Gasteiger partial charge >= 0.3 is 0 Å². The molecule has 1 aromatic rings. The van der Waals surface area contributed by atoms with Gasteiger partial charge in [0.2, 0.25) is 5.78 Å². The van der Waals surface area contributed by atoms with Crippen molar-refractivity contribution in [3.8, 4) is 12.0 Å². The lowest BCUT2D eigenvalue weighted by Crippen LogP contribution is -2.12. The van der Waals surface area contributed by atoms with Crippen molar-refractivity contribution >= 4 is 5.78 Å². The zero-order valence-corrected chi connectivity index (χ0v) is 8.57. The third-order valence-electron chi connectivity index (χ3n) is 2.47. The van der Waals surface area contributed by atoms with E-state index in [1.165, 1.54) is 12.8 Å². The number of hydrogen-bond acceptors (Lipinski definition) is 2. The van der Waals surface area contributed by atoms with Gasteiger partial charge in [-0.25, -0.2) is 0 Å². The standard InChI is InChI=1S/C13H13NO/c15-13(12-6-2-1-3-7-12)8-11-14-9-4-5-10-14/h1-3,6-7H,4-5,9-10H2. The summed E-state index contributed by atoms with van der Waals surface area (Å²) in [6.45, 7) is 1.99. The Morgan fingerprint density at radius 2 is 1.80 bits per heavy atom. The lowest BCUT2D eigenvalue weighted by Gasteiger charge is -2.04. The maximum Gasteiger partial charge on any atom is 0.237 e. The lowest BCUT2D eigenvalue weighted by molar-refractivity contribution is 0.105. The molecule has 2 nitrogen and oxygen atoms in total. The maximum absolute atomic E-state index is 11.6. The van der Waals surface area contributed by atoms with E-state index in [1.807, 2.05) is 23.1 Å². The third kappa shape index (κ3) is 2.60. The molecule has 0 aliphatic carbocycles. The molecule has 0 spiro atoms. The van der Waals surface area contributed by atoms with Crippen LogP contribution in [0.3, 0.4) is 0 Å². The molecule has 0 saturated carbocycles. The number of likely N-dealkylation sites (tertiary alicyclic amines) is 1. The zero-order chi connectivity index (χ0) is 10.5. The van der Waals surface area contributed by atoms with Crippen LogP contribution in [-0.4, -0.2) is 23.8 Å². The first-order chi connectivity index (χ1) is 7.36. The minimum absolute atomic E-state index is 0.0949. The van der Waals surface area contributed by atoms with Crippen molar-refractivity contribution in [3.05, 3.63) is 35.9 Å². The smallest absolute Gasteiger partial charge is 0.237 e. The molecule has 1 fully saturated rings. The van der Waals surface area contributed by atoms with Crippen LogP contribution in [0.1, 0.15) is 23.2 Å². The second-order valence-corrected chi connectivity index (χ2v) is 3.63. The predicted molar refractivity (Wildman–Crippen MR) is 59.4 cm³/mol. The van der Waals surface area contributed by atoms with Crippen LogP contribution in [0.5, 0.6) is 0 Å². The molecule has 0 amide bonds. The van der Waals surface area contributed by atoms with Crippen LogP contribution in [0, 0.1) is 12.0 Å². The van der Waals surface area contributed by atoms with E-state index in [1.54, 1.807) is 12.1 Å². The minimum Gasteiger partial charge on any atom is -0.332 e. The molecular weight excluding hydrogens is 186 g/mol. The Hall–Kier alpha value is -1.75. The average Bonchev–Trinajstić information content (AvgIpc) is 2.80. The van der Waals surface area contributed by atoms with Gasteiger partial charge in [-0.15, -0.1) is 0 Å². The van der Waals surface area contributed by atoms with Crippen molar-refractivity contribution in [1.82, 2.24) is 4.90 Å². The van der Waals surface area contributed by atoms with Crippen LogP contribution in [0.25, 0.3) is 0 Å². The second kappa shape index (κ2) is 4.65. The first-order valence-corrected chi connectivity index (χ1v) is 5.22. The lowest BCUT2D eigenvalue weighted by atomic mass is 10.1. The third-order valence-corrected chi connectivity index (χ3v) is 2.47. The van der Waals surface area contributed by atoms with Crippen molar-refractivity contribution in [2.45, 2.75) is 12.8 Å². The summed E-state index contributed by atoms with van der Waals surface area (Å²) in [6.07, 6.45) is 2.38. The molecule has 0 aromatic heterocycles. The predicted octanol–water partition coefficient (Wildman–Crippen LogP) is 1.93. The van der Waals surface area contributed by atoms with E-state index in [9.17, 15) is 4.79 Å². The molecule has 15 heavy (non-hydrogen) atoms. The van der Waals surface area contributed by atoms with Gasteiger partial charge in [-0.2, -0.15) is 0 Å². The van der Waals surface area contributed by atoms with Crippen molar-refractivity contribution in [3.63, 3.8) is 0 Å². The number of carbonyl (C=O) groups excluding carboxylic acids is 1. The monoisotopic (exact) mass is 199 g/mol. The van der Waals surface area contributed by atoms with Gasteiger partial charge in [-0.3, -0.25) is 4.79 Å². The Kier molecular flexibility index (Phi) is 3.04. The van der Waals surface area contributed by atoms with E-state index in [0.717, 1.165) is 13.1 Å². The van der Waals surface area contributed by atoms with Crippen molar-refractivity contribution in [2.75, 3.05) is 13.1 Å². The fourth-order valence-corrected chi connectivity index (χ4v) is 1.62. The zero-order valence-electron chi connectivity index (χ0n) is 8.57. The summed E-state index contributed by atoms with van der Waals surface area (Å²) in [4.78, 5) is 13.6. The average molecular weight is 199 g/mol. The Morgan fingerprint density at radius 3 is 2.47 bits per heavy atom. The molecule has 1 aliphatic rings. The minimum atomic E-state index is -0.0949. The van der Waals surface area contributed by atoms with E-state index < -0.39 is 0 Å². The first kappa shape index (κ1) is 9.79. The van der Waals surface area contributed by atoms with Gasteiger partial charge in [-0.05, 0) is 18.8 Å². The highest BCUT2D eigenvalue weighted by Gasteiger charge is 2.07. The van der Waals surface area contributed by atoms with Gasteiger partial charge in [0.25, 0.3) is 0 Å². The van der Waals surface area contributed by atoms with E-state index in [4.69, 9.17) is 0 Å². The van der Waals surface area contributed by atoms with Crippen molar-refractivity contribution in [2.24, 2.45) is 0 Å². The fourth-order valence-electron chi connectivity index (χ4n) is 1.62. The number of rotatable bonds is 1. The number of Topliss-reactive ketones (excluding diaryl/α,β-unsaturated/α-hetero) is 1. The normalized spacial score (nSPS) is 14.5. The molecule has 2 rings (SSSR count). The van der Waals surface area contributed by atoms with Crippen LogP contribution in [0.2, 0.25) is 0 Å². The van der Waals surface area contributed by atoms with Gasteiger partial charge in [0.15, 0.2) is 0 Å². The maximum atomic E-state index is 11.6. The molecular formula is C13H13NO. The topological polar surface area (TPSA) is 20.3 Å². The number of nitrogens with zero attached hydrogens (tertiary/aromatic N) is 1. The second-order valence-electron chi connectivity index (χ2n) is 3.63. The molecule has 1 aromatic carbocycles. The molecule has 76 valence electrons. The van der Waals surface area contributed by atoms with Crippen LogP contribution in [0.15, 0.2) is 30.3 Å². The summed E-state index contributed by atoms with van der Waals surface area (Å²) < 4.78 is 0. The summed E-state index contributed by atoms with van der Waals surface area (Å²) in [5.74, 6) is 2.58. The Morgan fingerprint density at radius 1 is 1.13 bits per heavy atom. The van der Waals surface area contributed by atoms with Crippen molar-refractivity contribution in [1.29, 1.82) is 0 Å². The highest BCUT2D eigenvalue weighted by molar-refractivity contribution is 6.08. The van der Waals surface area contributed by atoms with Crippen LogP contribution < -0.4 is 0 Å². The fraction of sp³-hybridized carbons (Fsp3) is 0.308.